The van der Waals surface area contributed by atoms with Crippen molar-refractivity contribution in [3.8, 4) is 5.75 Å². The van der Waals surface area contributed by atoms with Crippen LogP contribution in [-0.2, 0) is 22.9 Å². The van der Waals surface area contributed by atoms with Gasteiger partial charge in [0.1, 0.15) is 5.75 Å². The zero-order chi connectivity index (χ0) is 21.1. The van der Waals surface area contributed by atoms with Crippen LogP contribution in [0.15, 0.2) is 47.4 Å². The highest BCUT2D eigenvalue weighted by atomic mass is 32.2. The number of amides is 1. The number of nitrogens with zero attached hydrogens (tertiary/aromatic N) is 2. The van der Waals surface area contributed by atoms with E-state index in [1.807, 2.05) is 31.2 Å². The van der Waals surface area contributed by atoms with E-state index in [1.54, 1.807) is 23.1 Å². The summed E-state index contributed by atoms with van der Waals surface area (Å²) in [6.45, 7) is 3.68. The minimum Gasteiger partial charge on any atom is -0.493 e. The lowest BCUT2D eigenvalue weighted by atomic mass is 9.92. The first kappa shape index (κ1) is 20.9. The second-order valence-electron chi connectivity index (χ2n) is 7.76. The van der Waals surface area contributed by atoms with Crippen LogP contribution in [0.2, 0.25) is 0 Å². The number of benzene rings is 2. The summed E-state index contributed by atoms with van der Waals surface area (Å²) >= 11 is 0. The van der Waals surface area contributed by atoms with Gasteiger partial charge in [0, 0.05) is 26.2 Å². The molecule has 0 aromatic heterocycles. The van der Waals surface area contributed by atoms with Gasteiger partial charge in [-0.2, -0.15) is 4.31 Å². The van der Waals surface area contributed by atoms with E-state index in [-0.39, 0.29) is 5.91 Å². The fourth-order valence-corrected chi connectivity index (χ4v) is 5.72. The van der Waals surface area contributed by atoms with E-state index >= 15 is 0 Å². The Balaban J connectivity index is 1.46. The summed E-state index contributed by atoms with van der Waals surface area (Å²) in [6.07, 6.45) is 4.25. The number of rotatable bonds is 5. The van der Waals surface area contributed by atoms with Crippen molar-refractivity contribution in [3.63, 3.8) is 0 Å². The highest BCUT2D eigenvalue weighted by Gasteiger charge is 2.31. The third-order valence-electron chi connectivity index (χ3n) is 5.90. The monoisotopic (exact) mass is 428 g/mol. The molecule has 0 atom stereocenters. The smallest absolute Gasteiger partial charge is 0.257 e. The summed E-state index contributed by atoms with van der Waals surface area (Å²) in [7, 11) is -3.56. The second-order valence-corrected chi connectivity index (χ2v) is 9.70. The molecule has 2 aromatic carbocycles. The number of carbonyl (C=O) groups excluding carboxylic acids is 1. The molecule has 1 saturated heterocycles. The van der Waals surface area contributed by atoms with Crippen molar-refractivity contribution in [2.24, 2.45) is 0 Å². The largest absolute Gasteiger partial charge is 0.493 e. The number of fused-ring (bicyclic) bond motifs is 1. The van der Waals surface area contributed by atoms with Gasteiger partial charge >= 0.3 is 0 Å². The van der Waals surface area contributed by atoms with E-state index < -0.39 is 10.0 Å². The molecule has 0 unspecified atom stereocenters. The maximum absolute atomic E-state index is 13.2. The maximum atomic E-state index is 13.2. The Kier molecular flexibility index (Phi) is 6.11. The Morgan fingerprint density at radius 3 is 2.40 bits per heavy atom. The molecule has 0 saturated carbocycles. The van der Waals surface area contributed by atoms with Gasteiger partial charge in [-0.3, -0.25) is 4.79 Å². The standard InChI is InChI=1S/C23H28N2O4S/c1-2-29-22-10-6-5-9-21(22)23(26)24-13-15-25(16-14-24)30(27,28)20-12-11-18-7-3-4-8-19(18)17-20/h5-6,9-12,17H,2-4,7-8,13-16H2,1H3. The van der Waals surface area contributed by atoms with E-state index in [4.69, 9.17) is 4.74 Å². The van der Waals surface area contributed by atoms with E-state index in [1.165, 1.54) is 16.3 Å². The maximum Gasteiger partial charge on any atom is 0.257 e. The van der Waals surface area contributed by atoms with Crippen LogP contribution in [0.25, 0.3) is 0 Å². The van der Waals surface area contributed by atoms with Crippen LogP contribution in [0, 0.1) is 0 Å². The summed E-state index contributed by atoms with van der Waals surface area (Å²) < 4.78 is 33.4. The molecule has 0 spiro atoms. The molecule has 1 amide bonds. The number of hydrogen-bond acceptors (Lipinski definition) is 4. The lowest BCUT2D eigenvalue weighted by molar-refractivity contribution is 0.0693. The Bertz CT molecular complexity index is 1030. The van der Waals surface area contributed by atoms with Gasteiger partial charge in [-0.15, -0.1) is 0 Å². The lowest BCUT2D eigenvalue weighted by Crippen LogP contribution is -2.50. The number of hydrogen-bond donors (Lipinski definition) is 0. The van der Waals surface area contributed by atoms with Crippen LogP contribution in [-0.4, -0.2) is 56.3 Å². The highest BCUT2D eigenvalue weighted by molar-refractivity contribution is 7.89. The molecule has 1 aliphatic heterocycles. The quantitative estimate of drug-likeness (QED) is 0.734. The molecule has 0 radical (unpaired) electrons. The third kappa shape index (κ3) is 4.09. The van der Waals surface area contributed by atoms with Gasteiger partial charge in [-0.1, -0.05) is 18.2 Å². The van der Waals surface area contributed by atoms with Gasteiger partial charge in [0.05, 0.1) is 17.1 Å². The van der Waals surface area contributed by atoms with Gasteiger partial charge in [-0.05, 0) is 68.0 Å². The molecule has 0 bridgehead atoms. The van der Waals surface area contributed by atoms with Crippen LogP contribution in [0.3, 0.4) is 0 Å². The first-order valence-corrected chi connectivity index (χ1v) is 12.1. The summed E-state index contributed by atoms with van der Waals surface area (Å²) in [5.41, 5.74) is 2.94. The van der Waals surface area contributed by atoms with E-state index in [0.29, 0.717) is 49.0 Å². The predicted octanol–water partition coefficient (Wildman–Crippen LogP) is 3.11. The van der Waals surface area contributed by atoms with Crippen LogP contribution in [0.1, 0.15) is 41.3 Å². The molecule has 7 heteroatoms. The fraction of sp³-hybridized carbons (Fsp3) is 0.435. The zero-order valence-corrected chi connectivity index (χ0v) is 18.2. The summed E-state index contributed by atoms with van der Waals surface area (Å²) in [4.78, 5) is 15.0. The second kappa shape index (κ2) is 8.78. The SMILES string of the molecule is CCOc1ccccc1C(=O)N1CCN(S(=O)(=O)c2ccc3c(c2)CCCC3)CC1. The molecule has 4 rings (SSSR count). The number of ether oxygens (including phenoxy) is 1. The molecule has 0 N–H and O–H groups in total. The Hall–Kier alpha value is -2.38. The summed E-state index contributed by atoms with van der Waals surface area (Å²) in [6, 6.07) is 12.7. The van der Waals surface area contributed by atoms with E-state index in [9.17, 15) is 13.2 Å². The van der Waals surface area contributed by atoms with Crippen molar-refractivity contribution in [2.45, 2.75) is 37.5 Å². The van der Waals surface area contributed by atoms with Crippen molar-refractivity contribution in [3.05, 3.63) is 59.2 Å². The molecule has 30 heavy (non-hydrogen) atoms. The van der Waals surface area contributed by atoms with Gasteiger partial charge < -0.3 is 9.64 Å². The average molecular weight is 429 g/mol. The number of sulfonamides is 1. The first-order chi connectivity index (χ1) is 14.5. The minimum atomic E-state index is -3.56. The Morgan fingerprint density at radius 2 is 1.67 bits per heavy atom. The molecule has 2 aromatic rings. The Labute approximate surface area is 178 Å². The first-order valence-electron chi connectivity index (χ1n) is 10.6. The molecule has 1 aliphatic carbocycles. The molecule has 1 fully saturated rings. The van der Waals surface area contributed by atoms with Crippen LogP contribution in [0.4, 0.5) is 0 Å². The predicted molar refractivity (Wildman–Crippen MR) is 115 cm³/mol. The van der Waals surface area contributed by atoms with Gasteiger partial charge in [0.25, 0.3) is 5.91 Å². The van der Waals surface area contributed by atoms with Crippen molar-refractivity contribution >= 4 is 15.9 Å². The molecular weight excluding hydrogens is 400 g/mol. The van der Waals surface area contributed by atoms with E-state index in [0.717, 1.165) is 24.8 Å². The number of piperazine rings is 1. The fourth-order valence-electron chi connectivity index (χ4n) is 4.25. The summed E-state index contributed by atoms with van der Waals surface area (Å²) in [5, 5.41) is 0. The molecule has 1 heterocycles. The number of aryl methyl sites for hydroxylation is 2. The molecule has 6 nitrogen and oxygen atoms in total. The normalized spacial score (nSPS) is 17.4. The van der Waals surface area contributed by atoms with Crippen molar-refractivity contribution in [1.82, 2.24) is 9.21 Å². The summed E-state index contributed by atoms with van der Waals surface area (Å²) in [5.74, 6) is 0.444. The van der Waals surface area contributed by atoms with Crippen molar-refractivity contribution in [1.29, 1.82) is 0 Å². The molecular formula is C23H28N2O4S. The molecule has 160 valence electrons. The highest BCUT2D eigenvalue weighted by Crippen LogP contribution is 2.27. The number of carbonyl (C=O) groups is 1. The van der Waals surface area contributed by atoms with Gasteiger partial charge in [0.2, 0.25) is 10.0 Å². The van der Waals surface area contributed by atoms with Crippen LogP contribution >= 0.6 is 0 Å². The van der Waals surface area contributed by atoms with Crippen molar-refractivity contribution < 1.29 is 17.9 Å². The van der Waals surface area contributed by atoms with Crippen LogP contribution < -0.4 is 4.74 Å². The zero-order valence-electron chi connectivity index (χ0n) is 17.3. The van der Waals surface area contributed by atoms with Crippen LogP contribution in [0.5, 0.6) is 5.75 Å². The minimum absolute atomic E-state index is 0.120. The molecule has 2 aliphatic rings. The Morgan fingerprint density at radius 1 is 0.967 bits per heavy atom. The number of para-hydroxylation sites is 1. The van der Waals surface area contributed by atoms with Gasteiger partial charge in [0.15, 0.2) is 0 Å². The topological polar surface area (TPSA) is 66.9 Å². The van der Waals surface area contributed by atoms with E-state index in [2.05, 4.69) is 0 Å². The third-order valence-corrected chi connectivity index (χ3v) is 7.80. The van der Waals surface area contributed by atoms with Crippen molar-refractivity contribution in [2.75, 3.05) is 32.8 Å². The average Bonchev–Trinajstić information content (AvgIpc) is 2.79. The lowest BCUT2D eigenvalue weighted by Gasteiger charge is -2.34. The van der Waals surface area contributed by atoms with Gasteiger partial charge in [-0.25, -0.2) is 8.42 Å².